The topological polar surface area (TPSA) is 39.2 Å². The van der Waals surface area contributed by atoms with Gasteiger partial charge in [0, 0.05) is 29.1 Å². The minimum absolute atomic E-state index is 0.279. The summed E-state index contributed by atoms with van der Waals surface area (Å²) in [6.45, 7) is 5.66. The van der Waals surface area contributed by atoms with Crippen molar-refractivity contribution in [3.8, 4) is 5.75 Å². The zero-order chi connectivity index (χ0) is 16.3. The van der Waals surface area contributed by atoms with Crippen LogP contribution in [0.5, 0.6) is 5.75 Å². The second kappa shape index (κ2) is 6.81. The molecule has 0 saturated heterocycles. The molecule has 0 N–H and O–H groups in total. The van der Waals surface area contributed by atoms with Crippen molar-refractivity contribution in [2.45, 2.75) is 46.5 Å². The zero-order valence-corrected chi connectivity index (χ0v) is 13.0. The van der Waals surface area contributed by atoms with Gasteiger partial charge in [0.1, 0.15) is 5.75 Å². The van der Waals surface area contributed by atoms with Crippen molar-refractivity contribution in [1.82, 2.24) is 4.98 Å². The van der Waals surface area contributed by atoms with Crippen molar-refractivity contribution in [2.24, 2.45) is 0 Å². The van der Waals surface area contributed by atoms with Crippen molar-refractivity contribution in [2.75, 3.05) is 0 Å². The van der Waals surface area contributed by atoms with E-state index in [-0.39, 0.29) is 11.7 Å². The highest BCUT2D eigenvalue weighted by Crippen LogP contribution is 2.32. The smallest absolute Gasteiger partial charge is 0.311 e. The minimum Gasteiger partial charge on any atom is -0.425 e. The van der Waals surface area contributed by atoms with Crippen LogP contribution in [0.3, 0.4) is 0 Å². The maximum atomic E-state index is 13.5. The van der Waals surface area contributed by atoms with E-state index in [1.165, 1.54) is 0 Å². The highest BCUT2D eigenvalue weighted by atomic mass is 19.2. The van der Waals surface area contributed by atoms with Gasteiger partial charge in [-0.1, -0.05) is 20.3 Å². The summed E-state index contributed by atoms with van der Waals surface area (Å²) in [6, 6.07) is 2.07. The molecule has 0 fully saturated rings. The summed E-state index contributed by atoms with van der Waals surface area (Å²) in [7, 11) is 0. The van der Waals surface area contributed by atoms with Gasteiger partial charge >= 0.3 is 5.97 Å². The summed E-state index contributed by atoms with van der Waals surface area (Å²) in [6.07, 6.45) is 2.51. The van der Waals surface area contributed by atoms with Gasteiger partial charge in [-0.3, -0.25) is 9.78 Å². The molecular formula is C17H19F2NO2. The number of halogens is 2. The fraction of sp³-hybridized carbons (Fsp3) is 0.412. The van der Waals surface area contributed by atoms with Gasteiger partial charge in [-0.2, -0.15) is 0 Å². The minimum atomic E-state index is -0.983. The molecule has 0 amide bonds. The standard InChI is InChI=1S/C17H19F2NO2/c1-4-6-7-16(21)22-17-10(3)14(5-2)20-15-9-13(19)12(18)8-11(15)17/h8-9H,4-7H2,1-3H3. The lowest BCUT2D eigenvalue weighted by Crippen LogP contribution is -2.10. The van der Waals surface area contributed by atoms with Gasteiger partial charge in [-0.25, -0.2) is 8.78 Å². The first kappa shape index (κ1) is 16.3. The quantitative estimate of drug-likeness (QED) is 0.765. The SMILES string of the molecule is CCCCC(=O)Oc1c(C)c(CC)nc2cc(F)c(F)cc12. The maximum absolute atomic E-state index is 13.5. The lowest BCUT2D eigenvalue weighted by atomic mass is 10.1. The Kier molecular flexibility index (Phi) is 5.06. The molecule has 1 aromatic heterocycles. The largest absolute Gasteiger partial charge is 0.425 e. The van der Waals surface area contributed by atoms with Crippen molar-refractivity contribution in [1.29, 1.82) is 0 Å². The molecule has 118 valence electrons. The molecule has 0 saturated carbocycles. The first-order valence-corrected chi connectivity index (χ1v) is 7.46. The second-order valence-corrected chi connectivity index (χ2v) is 5.23. The maximum Gasteiger partial charge on any atom is 0.311 e. The molecule has 22 heavy (non-hydrogen) atoms. The van der Waals surface area contributed by atoms with Gasteiger partial charge in [-0.05, 0) is 25.8 Å². The first-order valence-electron chi connectivity index (χ1n) is 7.46. The number of ether oxygens (including phenoxy) is 1. The normalized spacial score (nSPS) is 11.0. The average Bonchev–Trinajstić information content (AvgIpc) is 2.49. The Labute approximate surface area is 128 Å². The zero-order valence-electron chi connectivity index (χ0n) is 13.0. The molecule has 5 heteroatoms. The average molecular weight is 307 g/mol. The molecule has 0 unspecified atom stereocenters. The number of hydrogen-bond donors (Lipinski definition) is 0. The van der Waals surface area contributed by atoms with E-state index in [4.69, 9.17) is 4.74 Å². The monoisotopic (exact) mass is 307 g/mol. The number of benzene rings is 1. The number of esters is 1. The number of carbonyl (C=O) groups excluding carboxylic acids is 1. The molecule has 0 spiro atoms. The Balaban J connectivity index is 2.56. The van der Waals surface area contributed by atoms with Gasteiger partial charge in [0.15, 0.2) is 11.6 Å². The summed E-state index contributed by atoms with van der Waals surface area (Å²) >= 11 is 0. The summed E-state index contributed by atoms with van der Waals surface area (Å²) in [5.41, 5.74) is 1.68. The van der Waals surface area contributed by atoms with E-state index in [0.29, 0.717) is 35.0 Å². The van der Waals surface area contributed by atoms with Crippen LogP contribution in [0.4, 0.5) is 8.78 Å². The summed E-state index contributed by atoms with van der Waals surface area (Å²) < 4.78 is 32.4. The van der Waals surface area contributed by atoms with Crippen LogP contribution < -0.4 is 4.74 Å². The number of aryl methyl sites for hydroxylation is 1. The molecule has 2 aromatic rings. The van der Waals surface area contributed by atoms with Crippen molar-refractivity contribution < 1.29 is 18.3 Å². The fourth-order valence-electron chi connectivity index (χ4n) is 2.33. The van der Waals surface area contributed by atoms with Crippen LogP contribution in [0.1, 0.15) is 44.4 Å². The molecule has 0 aliphatic heterocycles. The highest BCUT2D eigenvalue weighted by Gasteiger charge is 2.17. The van der Waals surface area contributed by atoms with E-state index < -0.39 is 11.6 Å². The number of fused-ring (bicyclic) bond motifs is 1. The van der Waals surface area contributed by atoms with Gasteiger partial charge < -0.3 is 4.74 Å². The van der Waals surface area contributed by atoms with Crippen molar-refractivity contribution in [3.05, 3.63) is 35.0 Å². The van der Waals surface area contributed by atoms with Gasteiger partial charge in [0.2, 0.25) is 0 Å². The van der Waals surface area contributed by atoms with Crippen LogP contribution in [0, 0.1) is 18.6 Å². The lowest BCUT2D eigenvalue weighted by Gasteiger charge is -2.14. The van der Waals surface area contributed by atoms with E-state index in [2.05, 4.69) is 4.98 Å². The third kappa shape index (κ3) is 3.24. The van der Waals surface area contributed by atoms with Crippen molar-refractivity contribution >= 4 is 16.9 Å². The molecule has 1 heterocycles. The van der Waals surface area contributed by atoms with Crippen LogP contribution in [0.15, 0.2) is 12.1 Å². The summed E-state index contributed by atoms with van der Waals surface area (Å²) in [5.74, 6) is -2.04. The molecule has 1 aromatic carbocycles. The Morgan fingerprint density at radius 3 is 2.55 bits per heavy atom. The first-order chi connectivity index (χ1) is 10.5. The third-order valence-corrected chi connectivity index (χ3v) is 3.60. The second-order valence-electron chi connectivity index (χ2n) is 5.23. The van der Waals surface area contributed by atoms with E-state index >= 15 is 0 Å². The Hall–Kier alpha value is -2.04. The number of unbranched alkanes of at least 4 members (excludes halogenated alkanes) is 1. The predicted molar refractivity (Wildman–Crippen MR) is 80.9 cm³/mol. The van der Waals surface area contributed by atoms with Gasteiger partial charge in [0.05, 0.1) is 5.52 Å². The summed E-state index contributed by atoms with van der Waals surface area (Å²) in [4.78, 5) is 16.2. The van der Waals surface area contributed by atoms with Crippen LogP contribution >= 0.6 is 0 Å². The van der Waals surface area contributed by atoms with Crippen LogP contribution in [-0.4, -0.2) is 11.0 Å². The molecule has 0 bridgehead atoms. The fourth-order valence-corrected chi connectivity index (χ4v) is 2.33. The summed E-state index contributed by atoms with van der Waals surface area (Å²) in [5, 5.41) is 0.318. The highest BCUT2D eigenvalue weighted by molar-refractivity contribution is 5.89. The number of rotatable bonds is 5. The van der Waals surface area contributed by atoms with E-state index in [0.717, 1.165) is 25.0 Å². The van der Waals surface area contributed by atoms with Crippen LogP contribution in [0.2, 0.25) is 0 Å². The van der Waals surface area contributed by atoms with Crippen molar-refractivity contribution in [3.63, 3.8) is 0 Å². The third-order valence-electron chi connectivity index (χ3n) is 3.60. The molecular weight excluding hydrogens is 288 g/mol. The molecule has 2 rings (SSSR count). The Morgan fingerprint density at radius 2 is 1.91 bits per heavy atom. The number of aromatic nitrogens is 1. The predicted octanol–water partition coefficient (Wildman–Crippen LogP) is 4.48. The molecule has 0 atom stereocenters. The molecule has 0 aliphatic carbocycles. The molecule has 3 nitrogen and oxygen atoms in total. The van der Waals surface area contributed by atoms with Gasteiger partial charge in [-0.15, -0.1) is 0 Å². The lowest BCUT2D eigenvalue weighted by molar-refractivity contribution is -0.134. The molecule has 0 aliphatic rings. The van der Waals surface area contributed by atoms with Gasteiger partial charge in [0.25, 0.3) is 0 Å². The number of pyridine rings is 1. The van der Waals surface area contributed by atoms with E-state index in [9.17, 15) is 13.6 Å². The number of carbonyl (C=O) groups is 1. The van der Waals surface area contributed by atoms with Crippen LogP contribution in [0.25, 0.3) is 10.9 Å². The van der Waals surface area contributed by atoms with E-state index in [1.807, 2.05) is 13.8 Å². The number of hydrogen-bond acceptors (Lipinski definition) is 3. The van der Waals surface area contributed by atoms with E-state index in [1.54, 1.807) is 6.92 Å². The Morgan fingerprint density at radius 1 is 1.23 bits per heavy atom. The van der Waals surface area contributed by atoms with Crippen LogP contribution in [-0.2, 0) is 11.2 Å². The molecule has 0 radical (unpaired) electrons. The Bertz CT molecular complexity index is 714. The number of nitrogens with zero attached hydrogens (tertiary/aromatic N) is 1.